The summed E-state index contributed by atoms with van der Waals surface area (Å²) >= 11 is 1.17. The van der Waals surface area contributed by atoms with Crippen molar-refractivity contribution in [2.24, 2.45) is 0 Å². The Morgan fingerprint density at radius 1 is 1.62 bits per heavy atom. The van der Waals surface area contributed by atoms with E-state index >= 15 is 0 Å². The zero-order valence-electron chi connectivity index (χ0n) is 5.09. The number of aliphatic hydroxyl groups excluding tert-OH is 1. The van der Waals surface area contributed by atoms with Gasteiger partial charge in [-0.15, -0.1) is 0 Å². The predicted molar refractivity (Wildman–Crippen MR) is 39.9 cm³/mol. The fraction of sp³-hybridized carbons (Fsp3) is 0.833. The summed E-state index contributed by atoms with van der Waals surface area (Å²) in [6, 6.07) is 0. The van der Waals surface area contributed by atoms with Crippen LogP contribution in [0.15, 0.2) is 0 Å². The van der Waals surface area contributed by atoms with Gasteiger partial charge in [0.1, 0.15) is 0 Å². The lowest BCUT2D eigenvalue weighted by atomic mass is 10.0. The van der Waals surface area contributed by atoms with Crippen LogP contribution < -0.4 is 0 Å². The molecular formula is C6H12OS. The van der Waals surface area contributed by atoms with E-state index in [0.29, 0.717) is 5.05 Å². The van der Waals surface area contributed by atoms with Crippen LogP contribution in [0.1, 0.15) is 26.2 Å². The SMILES string of the molecule is CC(O)=[SH]C1CCC1. The third-order valence-corrected chi connectivity index (χ3v) is 2.70. The Hall–Kier alpha value is 0.180. The molecule has 1 N–H and O–H groups in total. The topological polar surface area (TPSA) is 20.2 Å². The molecule has 1 aliphatic carbocycles. The molecule has 1 nitrogen and oxygen atoms in total. The largest absolute Gasteiger partial charge is 0.360 e. The molecule has 0 atom stereocenters. The third-order valence-electron chi connectivity index (χ3n) is 1.44. The summed E-state index contributed by atoms with van der Waals surface area (Å²) in [5, 5.41) is 10.2. The summed E-state index contributed by atoms with van der Waals surface area (Å²) in [5.41, 5.74) is 0. The van der Waals surface area contributed by atoms with Gasteiger partial charge in [0, 0.05) is 0 Å². The second-order valence-corrected chi connectivity index (χ2v) is 3.90. The number of hydrogen-bond donors (Lipinski definition) is 2. The first-order valence-corrected chi connectivity index (χ1v) is 3.99. The highest BCUT2D eigenvalue weighted by Crippen LogP contribution is 2.26. The molecule has 0 aromatic heterocycles. The summed E-state index contributed by atoms with van der Waals surface area (Å²) in [6.45, 7) is 1.78. The van der Waals surface area contributed by atoms with Crippen LogP contribution in [0, 0.1) is 0 Å². The lowest BCUT2D eigenvalue weighted by Gasteiger charge is -2.21. The molecule has 0 heterocycles. The molecule has 0 bridgehead atoms. The van der Waals surface area contributed by atoms with Gasteiger partial charge in [-0.2, -0.15) is 11.4 Å². The fourth-order valence-electron chi connectivity index (χ4n) is 0.780. The minimum Gasteiger partial charge on any atom is -0.360 e. The van der Waals surface area contributed by atoms with Gasteiger partial charge in [-0.3, -0.25) is 0 Å². The average molecular weight is 132 g/mol. The van der Waals surface area contributed by atoms with Crippen molar-refractivity contribution in [1.82, 2.24) is 0 Å². The Morgan fingerprint density at radius 3 is 2.38 bits per heavy atom. The Balaban J connectivity index is 2.27. The van der Waals surface area contributed by atoms with Gasteiger partial charge in [-0.25, -0.2) is 0 Å². The van der Waals surface area contributed by atoms with Gasteiger partial charge in [0.15, 0.2) is 0 Å². The summed E-state index contributed by atoms with van der Waals surface area (Å²) in [6.07, 6.45) is 4.00. The standard InChI is InChI=1S/C6H12OS/c1-5(7)8-6-3-2-4-6/h6-8H,2-4H2,1H3. The molecule has 0 aromatic rings. The van der Waals surface area contributed by atoms with Crippen LogP contribution in [-0.4, -0.2) is 15.4 Å². The van der Waals surface area contributed by atoms with Gasteiger partial charge >= 0.3 is 0 Å². The van der Waals surface area contributed by atoms with E-state index in [9.17, 15) is 0 Å². The van der Waals surface area contributed by atoms with Crippen molar-refractivity contribution in [3.63, 3.8) is 0 Å². The second-order valence-electron chi connectivity index (χ2n) is 2.26. The summed E-state index contributed by atoms with van der Waals surface area (Å²) in [4.78, 5) is 0. The van der Waals surface area contributed by atoms with Crippen molar-refractivity contribution in [2.75, 3.05) is 0 Å². The maximum atomic E-state index is 8.79. The minimum atomic E-state index is 0.578. The highest BCUT2D eigenvalue weighted by atomic mass is 32.1. The summed E-state index contributed by atoms with van der Waals surface area (Å²) in [7, 11) is 0. The van der Waals surface area contributed by atoms with Gasteiger partial charge in [0.05, 0.1) is 5.05 Å². The van der Waals surface area contributed by atoms with Gasteiger partial charge < -0.3 is 5.11 Å². The molecule has 0 saturated heterocycles. The fourth-order valence-corrected chi connectivity index (χ4v) is 1.93. The molecule has 0 amide bonds. The van der Waals surface area contributed by atoms with E-state index in [-0.39, 0.29) is 0 Å². The van der Waals surface area contributed by atoms with Crippen molar-refractivity contribution in [3.05, 3.63) is 0 Å². The average Bonchev–Trinajstić information content (AvgIpc) is 1.55. The molecule has 0 aromatic carbocycles. The first-order chi connectivity index (χ1) is 3.79. The number of aliphatic hydroxyl groups is 1. The van der Waals surface area contributed by atoms with E-state index in [2.05, 4.69) is 0 Å². The highest BCUT2D eigenvalue weighted by molar-refractivity contribution is 7.99. The van der Waals surface area contributed by atoms with Crippen molar-refractivity contribution in [2.45, 2.75) is 31.4 Å². The molecular weight excluding hydrogens is 120 g/mol. The molecule has 0 radical (unpaired) electrons. The smallest absolute Gasteiger partial charge is 0.0666 e. The van der Waals surface area contributed by atoms with E-state index in [0.717, 1.165) is 5.25 Å². The van der Waals surface area contributed by atoms with E-state index in [4.69, 9.17) is 5.11 Å². The zero-order chi connectivity index (χ0) is 5.98. The van der Waals surface area contributed by atoms with Gasteiger partial charge in [-0.1, -0.05) is 6.42 Å². The van der Waals surface area contributed by atoms with Crippen LogP contribution in [0.2, 0.25) is 0 Å². The highest BCUT2D eigenvalue weighted by Gasteiger charge is 2.13. The molecule has 0 aliphatic heterocycles. The van der Waals surface area contributed by atoms with Crippen LogP contribution in [-0.2, 0) is 0 Å². The molecule has 1 saturated carbocycles. The predicted octanol–water partition coefficient (Wildman–Crippen LogP) is 1.71. The zero-order valence-corrected chi connectivity index (χ0v) is 5.99. The normalized spacial score (nSPS) is 24.0. The Kier molecular flexibility index (Phi) is 2.08. The van der Waals surface area contributed by atoms with Crippen molar-refractivity contribution < 1.29 is 5.11 Å². The van der Waals surface area contributed by atoms with Gasteiger partial charge in [0.2, 0.25) is 0 Å². The van der Waals surface area contributed by atoms with Crippen molar-refractivity contribution in [1.29, 1.82) is 0 Å². The molecule has 1 rings (SSSR count). The molecule has 1 aliphatic rings. The number of hydrogen-bond acceptors (Lipinski definition) is 0. The van der Waals surface area contributed by atoms with Gasteiger partial charge in [0.25, 0.3) is 0 Å². The van der Waals surface area contributed by atoms with Crippen LogP contribution in [0.4, 0.5) is 0 Å². The molecule has 1 fully saturated rings. The monoisotopic (exact) mass is 132 g/mol. The molecule has 2 heteroatoms. The molecule has 0 spiro atoms. The number of thiol groups is 1. The van der Waals surface area contributed by atoms with E-state index in [1.165, 1.54) is 30.6 Å². The third kappa shape index (κ3) is 1.60. The Labute approximate surface area is 53.7 Å². The van der Waals surface area contributed by atoms with E-state index in [1.54, 1.807) is 6.92 Å². The lowest BCUT2D eigenvalue weighted by molar-refractivity contribution is 0.521. The molecule has 8 heavy (non-hydrogen) atoms. The first-order valence-electron chi connectivity index (χ1n) is 3.02. The maximum absolute atomic E-state index is 8.79. The van der Waals surface area contributed by atoms with Crippen LogP contribution in [0.25, 0.3) is 0 Å². The number of rotatable bonds is 1. The molecule has 48 valence electrons. The quantitative estimate of drug-likeness (QED) is 0.411. The van der Waals surface area contributed by atoms with E-state index < -0.39 is 0 Å². The summed E-state index contributed by atoms with van der Waals surface area (Å²) < 4.78 is 0. The maximum Gasteiger partial charge on any atom is 0.0666 e. The second kappa shape index (κ2) is 2.65. The van der Waals surface area contributed by atoms with Crippen LogP contribution in [0.3, 0.4) is 0 Å². The minimum absolute atomic E-state index is 0.578. The Morgan fingerprint density at radius 2 is 2.25 bits per heavy atom. The molecule has 0 unspecified atom stereocenters. The van der Waals surface area contributed by atoms with Crippen LogP contribution >= 0.6 is 11.4 Å². The van der Waals surface area contributed by atoms with Gasteiger partial charge in [-0.05, 0) is 25.0 Å². The lowest BCUT2D eigenvalue weighted by Crippen LogP contribution is -2.12. The van der Waals surface area contributed by atoms with E-state index in [1.807, 2.05) is 0 Å². The van der Waals surface area contributed by atoms with Crippen molar-refractivity contribution >= 4 is 16.4 Å². The first kappa shape index (κ1) is 6.30. The van der Waals surface area contributed by atoms with Crippen LogP contribution in [0.5, 0.6) is 0 Å². The Bertz CT molecular complexity index is 101. The van der Waals surface area contributed by atoms with Crippen molar-refractivity contribution in [3.8, 4) is 0 Å². The summed E-state index contributed by atoms with van der Waals surface area (Å²) in [5.74, 6) is 0.